The molecule has 2 N–H and O–H groups in total. The van der Waals surface area contributed by atoms with Crippen molar-refractivity contribution in [3.63, 3.8) is 0 Å². The highest BCUT2D eigenvalue weighted by Gasteiger charge is 2.47. The van der Waals surface area contributed by atoms with E-state index in [0.29, 0.717) is 19.8 Å². The lowest BCUT2D eigenvalue weighted by Crippen LogP contribution is -2.39. The molecular weight excluding hydrogens is 206 g/mol. The van der Waals surface area contributed by atoms with Crippen molar-refractivity contribution in [2.45, 2.75) is 12.8 Å². The number of hydrogen-bond donors (Lipinski definition) is 2. The molecule has 4 nitrogen and oxygen atoms in total. The van der Waals surface area contributed by atoms with Crippen molar-refractivity contribution < 1.29 is 14.6 Å². The van der Waals surface area contributed by atoms with Gasteiger partial charge in [0.2, 0.25) is 0 Å². The highest BCUT2D eigenvalue weighted by Crippen LogP contribution is 2.40. The minimum Gasteiger partial charge on any atom is -0.481 e. The Morgan fingerprint density at radius 1 is 1.43 bits per heavy atom. The fourth-order valence-corrected chi connectivity index (χ4v) is 2.46. The van der Waals surface area contributed by atoms with Crippen molar-refractivity contribution in [1.82, 2.24) is 5.32 Å². The van der Waals surface area contributed by atoms with Gasteiger partial charge in [-0.3, -0.25) is 4.79 Å². The predicted molar refractivity (Wildman–Crippen MR) is 53.7 cm³/mol. The molecule has 0 aromatic carbocycles. The third kappa shape index (κ3) is 1.87. The first kappa shape index (κ1) is 11.8. The first-order valence-corrected chi connectivity index (χ1v) is 4.76. The van der Waals surface area contributed by atoms with Crippen LogP contribution < -0.4 is 5.32 Å². The molecule has 5 heteroatoms. The molecule has 1 spiro atoms. The van der Waals surface area contributed by atoms with Gasteiger partial charge in [-0.1, -0.05) is 0 Å². The molecule has 0 bridgehead atoms. The molecule has 0 aromatic heterocycles. The van der Waals surface area contributed by atoms with E-state index in [0.717, 1.165) is 19.4 Å². The average molecular weight is 222 g/mol. The van der Waals surface area contributed by atoms with Crippen LogP contribution in [-0.2, 0) is 9.53 Å². The van der Waals surface area contributed by atoms with E-state index in [4.69, 9.17) is 9.84 Å². The van der Waals surface area contributed by atoms with Crippen LogP contribution in [0.4, 0.5) is 0 Å². The van der Waals surface area contributed by atoms with E-state index >= 15 is 0 Å². The molecule has 1 unspecified atom stereocenters. The van der Waals surface area contributed by atoms with Crippen molar-refractivity contribution in [3.8, 4) is 0 Å². The number of carboxylic acids is 1. The molecule has 0 amide bonds. The Bertz CT molecular complexity index is 216. The minimum absolute atomic E-state index is 0. The van der Waals surface area contributed by atoms with Crippen molar-refractivity contribution in [3.05, 3.63) is 0 Å². The lowest BCUT2D eigenvalue weighted by Gasteiger charge is -2.35. The van der Waals surface area contributed by atoms with Gasteiger partial charge in [0.05, 0.1) is 5.92 Å². The zero-order valence-electron chi connectivity index (χ0n) is 7.99. The molecule has 2 saturated heterocycles. The van der Waals surface area contributed by atoms with Crippen LogP contribution in [0.5, 0.6) is 0 Å². The Morgan fingerprint density at radius 3 is 2.64 bits per heavy atom. The van der Waals surface area contributed by atoms with Crippen LogP contribution in [0.3, 0.4) is 0 Å². The summed E-state index contributed by atoms with van der Waals surface area (Å²) in [6.45, 7) is 2.89. The molecule has 1 atom stereocenters. The smallest absolute Gasteiger partial charge is 0.308 e. The molecule has 0 radical (unpaired) electrons. The number of rotatable bonds is 1. The van der Waals surface area contributed by atoms with Crippen LogP contribution >= 0.6 is 12.4 Å². The number of carboxylic acid groups (broad SMARTS) is 1. The number of halogens is 1. The molecule has 0 saturated carbocycles. The van der Waals surface area contributed by atoms with E-state index in [1.54, 1.807) is 0 Å². The SMILES string of the molecule is Cl.O=C(O)C1CNCC12CCOCC2. The molecular formula is C9H16ClNO3. The van der Waals surface area contributed by atoms with Gasteiger partial charge in [0.1, 0.15) is 0 Å². The Balaban J connectivity index is 0.000000980. The van der Waals surface area contributed by atoms with Crippen molar-refractivity contribution in [2.24, 2.45) is 11.3 Å². The van der Waals surface area contributed by atoms with Crippen LogP contribution in [0.25, 0.3) is 0 Å². The molecule has 0 aromatic rings. The monoisotopic (exact) mass is 221 g/mol. The van der Waals surface area contributed by atoms with Crippen LogP contribution in [-0.4, -0.2) is 37.4 Å². The standard InChI is InChI=1S/C9H15NO3.ClH/c11-8(12)7-5-10-6-9(7)1-3-13-4-2-9;/h7,10H,1-6H2,(H,11,12);1H. The molecule has 2 aliphatic rings. The lowest BCUT2D eigenvalue weighted by atomic mass is 9.72. The molecule has 82 valence electrons. The molecule has 2 rings (SSSR count). The minimum atomic E-state index is -0.660. The molecule has 0 aliphatic carbocycles. The van der Waals surface area contributed by atoms with Gasteiger partial charge >= 0.3 is 5.97 Å². The Morgan fingerprint density at radius 2 is 2.07 bits per heavy atom. The summed E-state index contributed by atoms with van der Waals surface area (Å²) in [4.78, 5) is 11.0. The molecule has 2 heterocycles. The highest BCUT2D eigenvalue weighted by molar-refractivity contribution is 5.85. The first-order valence-electron chi connectivity index (χ1n) is 4.76. The zero-order chi connectivity index (χ0) is 9.31. The predicted octanol–water partition coefficient (Wildman–Crippen LogP) is 0.509. The van der Waals surface area contributed by atoms with E-state index in [9.17, 15) is 4.79 Å². The van der Waals surface area contributed by atoms with Crippen molar-refractivity contribution >= 4 is 18.4 Å². The summed E-state index contributed by atoms with van der Waals surface area (Å²) in [6, 6.07) is 0. The van der Waals surface area contributed by atoms with Gasteiger partial charge in [-0.15, -0.1) is 12.4 Å². The normalized spacial score (nSPS) is 29.9. The second kappa shape index (κ2) is 4.47. The largest absolute Gasteiger partial charge is 0.481 e. The van der Waals surface area contributed by atoms with Gasteiger partial charge in [0.25, 0.3) is 0 Å². The quantitative estimate of drug-likeness (QED) is 0.678. The average Bonchev–Trinajstić information content (AvgIpc) is 2.50. The number of hydrogen-bond acceptors (Lipinski definition) is 3. The van der Waals surface area contributed by atoms with E-state index in [1.807, 2.05) is 0 Å². The topological polar surface area (TPSA) is 58.6 Å². The zero-order valence-corrected chi connectivity index (χ0v) is 8.81. The van der Waals surface area contributed by atoms with E-state index < -0.39 is 5.97 Å². The van der Waals surface area contributed by atoms with E-state index in [1.165, 1.54) is 0 Å². The second-order valence-electron chi connectivity index (χ2n) is 4.00. The maximum atomic E-state index is 11.0. The van der Waals surface area contributed by atoms with Gasteiger partial charge in [-0.25, -0.2) is 0 Å². The van der Waals surface area contributed by atoms with Crippen LogP contribution in [0.1, 0.15) is 12.8 Å². The number of ether oxygens (including phenoxy) is 1. The Kier molecular flexibility index (Phi) is 3.75. The van der Waals surface area contributed by atoms with Crippen LogP contribution in [0.2, 0.25) is 0 Å². The third-order valence-corrected chi connectivity index (χ3v) is 3.35. The maximum absolute atomic E-state index is 11.0. The fraction of sp³-hybridized carbons (Fsp3) is 0.889. The Labute approximate surface area is 89.4 Å². The van der Waals surface area contributed by atoms with Gasteiger partial charge in [-0.05, 0) is 12.8 Å². The highest BCUT2D eigenvalue weighted by atomic mass is 35.5. The Hall–Kier alpha value is -0.320. The summed E-state index contributed by atoms with van der Waals surface area (Å²) < 4.78 is 5.26. The van der Waals surface area contributed by atoms with Crippen LogP contribution in [0, 0.1) is 11.3 Å². The van der Waals surface area contributed by atoms with Crippen molar-refractivity contribution in [1.29, 1.82) is 0 Å². The summed E-state index contributed by atoms with van der Waals surface area (Å²) in [5.41, 5.74) is -0.0237. The summed E-state index contributed by atoms with van der Waals surface area (Å²) in [5, 5.41) is 12.2. The first-order chi connectivity index (χ1) is 6.25. The number of carbonyl (C=O) groups is 1. The third-order valence-electron chi connectivity index (χ3n) is 3.35. The van der Waals surface area contributed by atoms with E-state index in [2.05, 4.69) is 5.32 Å². The van der Waals surface area contributed by atoms with Gasteiger partial charge in [-0.2, -0.15) is 0 Å². The van der Waals surface area contributed by atoms with Gasteiger partial charge in [0, 0.05) is 31.7 Å². The molecule has 2 aliphatic heterocycles. The van der Waals surface area contributed by atoms with Crippen LogP contribution in [0.15, 0.2) is 0 Å². The number of aliphatic carboxylic acids is 1. The fourth-order valence-electron chi connectivity index (χ4n) is 2.46. The molecule has 14 heavy (non-hydrogen) atoms. The van der Waals surface area contributed by atoms with Crippen molar-refractivity contribution in [2.75, 3.05) is 26.3 Å². The summed E-state index contributed by atoms with van der Waals surface area (Å²) in [6.07, 6.45) is 1.77. The maximum Gasteiger partial charge on any atom is 0.308 e. The second-order valence-corrected chi connectivity index (χ2v) is 4.00. The molecule has 2 fully saturated rings. The van der Waals surface area contributed by atoms with Gasteiger partial charge < -0.3 is 15.2 Å². The number of nitrogens with one attached hydrogen (secondary N) is 1. The summed E-state index contributed by atoms with van der Waals surface area (Å²) >= 11 is 0. The lowest BCUT2D eigenvalue weighted by molar-refractivity contribution is -0.146. The summed E-state index contributed by atoms with van der Waals surface area (Å²) in [5.74, 6) is -0.872. The van der Waals surface area contributed by atoms with E-state index in [-0.39, 0.29) is 23.7 Å². The summed E-state index contributed by atoms with van der Waals surface area (Å²) in [7, 11) is 0. The van der Waals surface area contributed by atoms with Gasteiger partial charge in [0.15, 0.2) is 0 Å².